The van der Waals surface area contributed by atoms with Crippen molar-refractivity contribution in [2.24, 2.45) is 0 Å². The molecule has 0 amide bonds. The predicted octanol–water partition coefficient (Wildman–Crippen LogP) is 4.04. The first kappa shape index (κ1) is 14.5. The van der Waals surface area contributed by atoms with Crippen molar-refractivity contribution in [1.29, 1.82) is 0 Å². The summed E-state index contributed by atoms with van der Waals surface area (Å²) in [5.74, 6) is 1.95. The summed E-state index contributed by atoms with van der Waals surface area (Å²) in [6, 6.07) is 13.4. The Hall–Kier alpha value is -1.87. The molecule has 0 aliphatic heterocycles. The second kappa shape index (κ2) is 6.53. The van der Waals surface area contributed by atoms with E-state index in [1.807, 2.05) is 30.3 Å². The molecule has 0 aromatic heterocycles. The number of halogens is 1. The zero-order valence-corrected chi connectivity index (χ0v) is 12.5. The molecule has 2 rings (SSSR count). The summed E-state index contributed by atoms with van der Waals surface area (Å²) in [4.78, 5) is 0. The Morgan fingerprint density at radius 3 is 1.85 bits per heavy atom. The van der Waals surface area contributed by atoms with E-state index in [0.717, 1.165) is 11.1 Å². The van der Waals surface area contributed by atoms with Crippen LogP contribution in [0.1, 0.15) is 16.5 Å². The van der Waals surface area contributed by atoms with Crippen molar-refractivity contribution in [2.75, 3.05) is 21.3 Å². The molecule has 0 radical (unpaired) electrons. The number of rotatable bonds is 5. The Bertz CT molecular complexity index is 544. The van der Waals surface area contributed by atoms with E-state index >= 15 is 0 Å². The van der Waals surface area contributed by atoms with Gasteiger partial charge in [-0.05, 0) is 5.56 Å². The predicted molar refractivity (Wildman–Crippen MR) is 80.2 cm³/mol. The Balaban J connectivity index is 2.54. The smallest absolute Gasteiger partial charge is 0.131 e. The molecule has 0 spiro atoms. The Morgan fingerprint density at radius 2 is 1.40 bits per heavy atom. The summed E-state index contributed by atoms with van der Waals surface area (Å²) in [6.07, 6.45) is 0. The molecule has 0 fully saturated rings. The van der Waals surface area contributed by atoms with Crippen LogP contribution in [-0.2, 0) is 0 Å². The highest BCUT2D eigenvalue weighted by molar-refractivity contribution is 6.23. The highest BCUT2D eigenvalue weighted by Gasteiger charge is 2.22. The molecule has 0 aliphatic rings. The minimum Gasteiger partial charge on any atom is -0.496 e. The molecule has 2 aromatic rings. The summed E-state index contributed by atoms with van der Waals surface area (Å²) in [5, 5.41) is -0.355. The maximum absolute atomic E-state index is 6.59. The van der Waals surface area contributed by atoms with Gasteiger partial charge in [-0.2, -0.15) is 0 Å². The Morgan fingerprint density at radius 1 is 0.850 bits per heavy atom. The SMILES string of the molecule is COc1cc(OC)c(C(Cl)c2ccccc2)c(OC)c1. The number of alkyl halides is 1. The van der Waals surface area contributed by atoms with Crippen molar-refractivity contribution in [3.63, 3.8) is 0 Å². The quantitative estimate of drug-likeness (QED) is 0.779. The van der Waals surface area contributed by atoms with Crippen LogP contribution in [0.15, 0.2) is 42.5 Å². The third-order valence-electron chi connectivity index (χ3n) is 3.10. The lowest BCUT2D eigenvalue weighted by atomic mass is 10.0. The fraction of sp³-hybridized carbons (Fsp3) is 0.250. The van der Waals surface area contributed by atoms with Gasteiger partial charge in [-0.15, -0.1) is 11.6 Å². The van der Waals surface area contributed by atoms with Gasteiger partial charge in [0.05, 0.1) is 32.3 Å². The van der Waals surface area contributed by atoms with Crippen LogP contribution in [0.2, 0.25) is 0 Å². The van der Waals surface area contributed by atoms with E-state index in [0.29, 0.717) is 17.2 Å². The first-order chi connectivity index (χ1) is 9.71. The van der Waals surface area contributed by atoms with Crippen molar-refractivity contribution in [3.05, 3.63) is 53.6 Å². The van der Waals surface area contributed by atoms with E-state index in [4.69, 9.17) is 25.8 Å². The lowest BCUT2D eigenvalue weighted by Crippen LogP contribution is -2.02. The van der Waals surface area contributed by atoms with Crippen LogP contribution in [0, 0.1) is 0 Å². The monoisotopic (exact) mass is 292 g/mol. The van der Waals surface area contributed by atoms with E-state index in [9.17, 15) is 0 Å². The number of hydrogen-bond donors (Lipinski definition) is 0. The van der Waals surface area contributed by atoms with Crippen molar-refractivity contribution in [1.82, 2.24) is 0 Å². The molecule has 20 heavy (non-hydrogen) atoms. The molecule has 0 N–H and O–H groups in total. The zero-order valence-electron chi connectivity index (χ0n) is 11.7. The lowest BCUT2D eigenvalue weighted by Gasteiger charge is -2.19. The molecule has 0 aliphatic carbocycles. The van der Waals surface area contributed by atoms with E-state index in [1.165, 1.54) is 0 Å². The van der Waals surface area contributed by atoms with E-state index in [-0.39, 0.29) is 5.38 Å². The zero-order chi connectivity index (χ0) is 14.5. The van der Waals surface area contributed by atoms with Crippen molar-refractivity contribution >= 4 is 11.6 Å². The van der Waals surface area contributed by atoms with Gasteiger partial charge in [0.1, 0.15) is 17.2 Å². The summed E-state index contributed by atoms with van der Waals surface area (Å²) in [6.45, 7) is 0. The van der Waals surface area contributed by atoms with Crippen LogP contribution < -0.4 is 14.2 Å². The minimum absolute atomic E-state index is 0.355. The lowest BCUT2D eigenvalue weighted by molar-refractivity contribution is 0.369. The van der Waals surface area contributed by atoms with Gasteiger partial charge in [-0.1, -0.05) is 30.3 Å². The van der Waals surface area contributed by atoms with Crippen molar-refractivity contribution in [3.8, 4) is 17.2 Å². The molecule has 4 heteroatoms. The fourth-order valence-electron chi connectivity index (χ4n) is 2.07. The molecular weight excluding hydrogens is 276 g/mol. The number of hydrogen-bond acceptors (Lipinski definition) is 3. The molecule has 0 saturated carbocycles. The number of ether oxygens (including phenoxy) is 3. The topological polar surface area (TPSA) is 27.7 Å². The number of methoxy groups -OCH3 is 3. The van der Waals surface area contributed by atoms with Gasteiger partial charge in [0.25, 0.3) is 0 Å². The van der Waals surface area contributed by atoms with Gasteiger partial charge in [0.2, 0.25) is 0 Å². The summed E-state index contributed by atoms with van der Waals surface area (Å²) in [7, 11) is 4.81. The van der Waals surface area contributed by atoms with Gasteiger partial charge in [-0.25, -0.2) is 0 Å². The van der Waals surface area contributed by atoms with Crippen LogP contribution in [0.4, 0.5) is 0 Å². The van der Waals surface area contributed by atoms with Gasteiger partial charge >= 0.3 is 0 Å². The average Bonchev–Trinajstić information content (AvgIpc) is 2.53. The van der Waals surface area contributed by atoms with E-state index < -0.39 is 0 Å². The molecule has 106 valence electrons. The van der Waals surface area contributed by atoms with Gasteiger partial charge in [0.15, 0.2) is 0 Å². The largest absolute Gasteiger partial charge is 0.496 e. The third kappa shape index (κ3) is 2.83. The molecular formula is C16H17ClO3. The van der Waals surface area contributed by atoms with Gasteiger partial charge < -0.3 is 14.2 Å². The summed E-state index contributed by atoms with van der Waals surface area (Å²) < 4.78 is 16.1. The minimum atomic E-state index is -0.355. The molecule has 1 atom stereocenters. The first-order valence-corrected chi connectivity index (χ1v) is 6.63. The maximum atomic E-state index is 6.59. The highest BCUT2D eigenvalue weighted by atomic mass is 35.5. The maximum Gasteiger partial charge on any atom is 0.131 e. The van der Waals surface area contributed by atoms with Crippen LogP contribution >= 0.6 is 11.6 Å². The molecule has 0 heterocycles. The van der Waals surface area contributed by atoms with Crippen LogP contribution in [-0.4, -0.2) is 21.3 Å². The third-order valence-corrected chi connectivity index (χ3v) is 3.57. The van der Waals surface area contributed by atoms with Crippen LogP contribution in [0.3, 0.4) is 0 Å². The van der Waals surface area contributed by atoms with Gasteiger partial charge in [0, 0.05) is 12.1 Å². The molecule has 3 nitrogen and oxygen atoms in total. The molecule has 0 bridgehead atoms. The van der Waals surface area contributed by atoms with Crippen LogP contribution in [0.25, 0.3) is 0 Å². The molecule has 0 saturated heterocycles. The standard InChI is InChI=1S/C16H17ClO3/c1-18-12-9-13(19-2)15(14(10-12)20-3)16(17)11-7-5-4-6-8-11/h4-10,16H,1-3H3. The summed E-state index contributed by atoms with van der Waals surface area (Å²) in [5.41, 5.74) is 1.78. The second-order valence-electron chi connectivity index (χ2n) is 4.22. The van der Waals surface area contributed by atoms with E-state index in [1.54, 1.807) is 33.5 Å². The van der Waals surface area contributed by atoms with Crippen molar-refractivity contribution in [2.45, 2.75) is 5.38 Å². The second-order valence-corrected chi connectivity index (χ2v) is 4.66. The summed E-state index contributed by atoms with van der Waals surface area (Å²) >= 11 is 6.59. The fourth-order valence-corrected chi connectivity index (χ4v) is 2.43. The number of benzene rings is 2. The Labute approximate surface area is 124 Å². The van der Waals surface area contributed by atoms with Gasteiger partial charge in [-0.3, -0.25) is 0 Å². The molecule has 1 unspecified atom stereocenters. The normalized spacial score (nSPS) is 11.8. The van der Waals surface area contributed by atoms with Crippen molar-refractivity contribution < 1.29 is 14.2 Å². The first-order valence-electron chi connectivity index (χ1n) is 6.20. The van der Waals surface area contributed by atoms with Crippen LogP contribution in [0.5, 0.6) is 17.2 Å². The highest BCUT2D eigenvalue weighted by Crippen LogP contribution is 2.43. The molecule has 2 aromatic carbocycles. The van der Waals surface area contributed by atoms with E-state index in [2.05, 4.69) is 0 Å². The average molecular weight is 293 g/mol. The Kier molecular flexibility index (Phi) is 4.74.